The minimum atomic E-state index is -0.644. The Labute approximate surface area is 98.5 Å². The quantitative estimate of drug-likeness (QED) is 0.868. The summed E-state index contributed by atoms with van der Waals surface area (Å²) in [5.41, 5.74) is 0. The van der Waals surface area contributed by atoms with E-state index in [0.29, 0.717) is 5.13 Å². The van der Waals surface area contributed by atoms with Crippen molar-refractivity contribution >= 4 is 22.4 Å². The predicted octanol–water partition coefficient (Wildman–Crippen LogP) is 1.83. The molecular weight excluding hydrogens is 224 g/mol. The van der Waals surface area contributed by atoms with Crippen molar-refractivity contribution in [2.75, 3.05) is 5.32 Å². The van der Waals surface area contributed by atoms with Gasteiger partial charge in [-0.1, -0.05) is 32.1 Å². The largest absolute Gasteiger partial charge is 0.299 e. The Kier molecular flexibility index (Phi) is 4.38. The number of carbonyl (C=O) groups excluding carboxylic acids is 1. The molecule has 16 heavy (non-hydrogen) atoms. The molecule has 0 aliphatic heterocycles. The van der Waals surface area contributed by atoms with Gasteiger partial charge in [0.1, 0.15) is 10.9 Å². The zero-order valence-corrected chi connectivity index (χ0v) is 10.3. The summed E-state index contributed by atoms with van der Waals surface area (Å²) in [6, 6.07) is 1.99. The molecule has 0 aliphatic rings. The van der Waals surface area contributed by atoms with Crippen LogP contribution in [0.2, 0.25) is 0 Å². The average molecular weight is 238 g/mol. The zero-order chi connectivity index (χ0) is 12.1. The van der Waals surface area contributed by atoms with E-state index < -0.39 is 5.92 Å². The van der Waals surface area contributed by atoms with Crippen molar-refractivity contribution < 1.29 is 4.79 Å². The molecule has 1 aromatic heterocycles. The number of hydrogen-bond acceptors (Lipinski definition) is 5. The number of hydrogen-bond donors (Lipinski definition) is 1. The third kappa shape index (κ3) is 3.00. The summed E-state index contributed by atoms with van der Waals surface area (Å²) in [5.74, 6) is -0.964. The Bertz CT molecular complexity index is 407. The van der Waals surface area contributed by atoms with Gasteiger partial charge >= 0.3 is 0 Å². The van der Waals surface area contributed by atoms with Gasteiger partial charge < -0.3 is 0 Å². The first-order valence-corrected chi connectivity index (χ1v) is 5.93. The molecule has 5 nitrogen and oxygen atoms in total. The number of carbonyl (C=O) groups is 1. The first kappa shape index (κ1) is 12.6. The van der Waals surface area contributed by atoms with Gasteiger partial charge in [-0.2, -0.15) is 5.26 Å². The van der Waals surface area contributed by atoms with Crippen LogP contribution in [0.15, 0.2) is 0 Å². The molecule has 0 spiro atoms. The summed E-state index contributed by atoms with van der Waals surface area (Å²) in [4.78, 5) is 11.7. The van der Waals surface area contributed by atoms with Crippen molar-refractivity contribution in [3.05, 3.63) is 5.01 Å². The summed E-state index contributed by atoms with van der Waals surface area (Å²) < 4.78 is 0. The Morgan fingerprint density at radius 2 is 2.25 bits per heavy atom. The molecule has 86 valence electrons. The molecule has 6 heteroatoms. The highest BCUT2D eigenvalue weighted by Crippen LogP contribution is 2.18. The second-order valence-corrected chi connectivity index (χ2v) is 4.76. The highest BCUT2D eigenvalue weighted by Gasteiger charge is 2.22. The molecule has 1 aromatic rings. The molecular formula is C10H14N4OS. The molecule has 1 rings (SSSR count). The van der Waals surface area contributed by atoms with E-state index in [1.807, 2.05) is 26.8 Å². The summed E-state index contributed by atoms with van der Waals surface area (Å²) in [6.07, 6.45) is 0.791. The van der Waals surface area contributed by atoms with Gasteiger partial charge in [0.05, 0.1) is 6.07 Å². The van der Waals surface area contributed by atoms with Crippen LogP contribution < -0.4 is 5.32 Å². The molecule has 0 bridgehead atoms. The number of nitrogens with zero attached hydrogens (tertiary/aromatic N) is 3. The lowest BCUT2D eigenvalue weighted by atomic mass is 9.97. The second kappa shape index (κ2) is 5.56. The molecule has 0 aromatic carbocycles. The van der Waals surface area contributed by atoms with Gasteiger partial charge in [-0.3, -0.25) is 10.1 Å². The van der Waals surface area contributed by atoms with Crippen molar-refractivity contribution in [1.29, 1.82) is 5.26 Å². The van der Waals surface area contributed by atoms with Crippen molar-refractivity contribution in [3.8, 4) is 6.07 Å². The average Bonchev–Trinajstić information content (AvgIpc) is 2.65. The number of anilines is 1. The van der Waals surface area contributed by atoms with E-state index in [1.165, 1.54) is 11.3 Å². The Hall–Kier alpha value is -1.48. The first-order chi connectivity index (χ1) is 7.58. The highest BCUT2D eigenvalue weighted by atomic mass is 32.1. The summed E-state index contributed by atoms with van der Waals surface area (Å²) in [7, 11) is 0. The van der Waals surface area contributed by atoms with E-state index in [4.69, 9.17) is 5.26 Å². The lowest BCUT2D eigenvalue weighted by molar-refractivity contribution is -0.119. The standard InChI is InChI=1S/C10H14N4OS/c1-4-8-13-14-10(16-8)12-9(15)7(5-11)6(2)3/h6-7H,4H2,1-3H3,(H,12,14,15). The van der Waals surface area contributed by atoms with Crippen molar-refractivity contribution in [3.63, 3.8) is 0 Å². The van der Waals surface area contributed by atoms with Crippen LogP contribution in [0.25, 0.3) is 0 Å². The SMILES string of the molecule is CCc1nnc(NC(=O)C(C#N)C(C)C)s1. The van der Waals surface area contributed by atoms with Crippen molar-refractivity contribution in [2.24, 2.45) is 11.8 Å². The Morgan fingerprint density at radius 3 is 2.69 bits per heavy atom. The van der Waals surface area contributed by atoms with Gasteiger partial charge in [0.15, 0.2) is 0 Å². The van der Waals surface area contributed by atoms with E-state index in [0.717, 1.165) is 11.4 Å². The van der Waals surface area contributed by atoms with Crippen LogP contribution in [0.1, 0.15) is 25.8 Å². The van der Waals surface area contributed by atoms with E-state index in [1.54, 1.807) is 0 Å². The highest BCUT2D eigenvalue weighted by molar-refractivity contribution is 7.15. The number of amides is 1. The van der Waals surface area contributed by atoms with E-state index in [-0.39, 0.29) is 11.8 Å². The summed E-state index contributed by atoms with van der Waals surface area (Å²) in [5, 5.41) is 20.5. The van der Waals surface area contributed by atoms with Gasteiger partial charge in [0.2, 0.25) is 11.0 Å². The van der Waals surface area contributed by atoms with Crippen LogP contribution in [0, 0.1) is 23.2 Å². The van der Waals surface area contributed by atoms with Crippen LogP contribution in [0.5, 0.6) is 0 Å². The number of nitriles is 1. The van der Waals surface area contributed by atoms with E-state index in [2.05, 4.69) is 15.5 Å². The fourth-order valence-corrected chi connectivity index (χ4v) is 1.82. The second-order valence-electron chi connectivity index (χ2n) is 3.69. The molecule has 0 saturated carbocycles. The molecule has 1 atom stereocenters. The van der Waals surface area contributed by atoms with Crippen LogP contribution >= 0.6 is 11.3 Å². The Balaban J connectivity index is 2.67. The lowest BCUT2D eigenvalue weighted by Crippen LogP contribution is -2.25. The van der Waals surface area contributed by atoms with Crippen LogP contribution in [-0.2, 0) is 11.2 Å². The third-order valence-electron chi connectivity index (χ3n) is 2.09. The van der Waals surface area contributed by atoms with Crippen LogP contribution in [-0.4, -0.2) is 16.1 Å². The summed E-state index contributed by atoms with van der Waals surface area (Å²) >= 11 is 1.34. The smallest absolute Gasteiger partial charge is 0.243 e. The molecule has 1 heterocycles. The monoisotopic (exact) mass is 238 g/mol. The fraction of sp³-hybridized carbons (Fsp3) is 0.600. The maximum atomic E-state index is 11.7. The van der Waals surface area contributed by atoms with E-state index in [9.17, 15) is 4.79 Å². The van der Waals surface area contributed by atoms with Crippen molar-refractivity contribution in [1.82, 2.24) is 10.2 Å². The number of nitrogens with one attached hydrogen (secondary N) is 1. The molecule has 0 aliphatic carbocycles. The van der Waals surface area contributed by atoms with Crippen molar-refractivity contribution in [2.45, 2.75) is 27.2 Å². The minimum absolute atomic E-state index is 0.0106. The number of aromatic nitrogens is 2. The van der Waals surface area contributed by atoms with Crippen LogP contribution in [0.3, 0.4) is 0 Å². The topological polar surface area (TPSA) is 78.7 Å². The number of aryl methyl sites for hydroxylation is 1. The zero-order valence-electron chi connectivity index (χ0n) is 9.52. The van der Waals surface area contributed by atoms with Gasteiger partial charge in [0, 0.05) is 0 Å². The molecule has 0 radical (unpaired) electrons. The molecule has 0 saturated heterocycles. The minimum Gasteiger partial charge on any atom is -0.299 e. The van der Waals surface area contributed by atoms with Gasteiger partial charge in [0.25, 0.3) is 0 Å². The van der Waals surface area contributed by atoms with E-state index >= 15 is 0 Å². The van der Waals surface area contributed by atoms with Crippen LogP contribution in [0.4, 0.5) is 5.13 Å². The lowest BCUT2D eigenvalue weighted by Gasteiger charge is -2.10. The normalized spacial score (nSPS) is 12.2. The Morgan fingerprint density at radius 1 is 1.56 bits per heavy atom. The number of rotatable bonds is 4. The maximum absolute atomic E-state index is 11.7. The van der Waals surface area contributed by atoms with Gasteiger partial charge in [-0.25, -0.2) is 0 Å². The first-order valence-electron chi connectivity index (χ1n) is 5.11. The predicted molar refractivity (Wildman–Crippen MR) is 61.9 cm³/mol. The third-order valence-corrected chi connectivity index (χ3v) is 3.07. The molecule has 0 fully saturated rings. The fourth-order valence-electron chi connectivity index (χ4n) is 1.14. The molecule has 1 unspecified atom stereocenters. The van der Waals surface area contributed by atoms with Gasteiger partial charge in [-0.15, -0.1) is 10.2 Å². The molecule has 1 N–H and O–H groups in total. The molecule has 1 amide bonds. The maximum Gasteiger partial charge on any atom is 0.243 e. The summed E-state index contributed by atoms with van der Waals surface area (Å²) in [6.45, 7) is 5.65. The van der Waals surface area contributed by atoms with Gasteiger partial charge in [-0.05, 0) is 12.3 Å².